The topological polar surface area (TPSA) is 836 Å². The quantitative estimate of drug-likeness (QED) is 0.0277. The summed E-state index contributed by atoms with van der Waals surface area (Å²) in [6.45, 7) is -4.38. The van der Waals surface area contributed by atoms with Gasteiger partial charge in [-0.05, 0) is 6.92 Å². The number of aliphatic hydroxyl groups is 25. The van der Waals surface area contributed by atoms with E-state index in [1.54, 1.807) is 0 Å². The molecule has 0 unspecified atom stereocenters. The molecule has 0 aromatic heterocycles. The number of rotatable bonds is 36. The molecule has 0 saturated carbocycles. The van der Waals surface area contributed by atoms with Crippen molar-refractivity contribution in [1.29, 1.82) is 0 Å². The normalized spacial score (nSPS) is 44.1. The second kappa shape index (κ2) is 44.1. The molecule has 0 bridgehead atoms. The van der Waals surface area contributed by atoms with E-state index in [9.17, 15) is 162 Å². The van der Waals surface area contributed by atoms with Crippen molar-refractivity contribution in [3.05, 3.63) is 0 Å². The zero-order chi connectivity index (χ0) is 89.3. The molecule has 0 aromatic carbocycles. The van der Waals surface area contributed by atoms with Crippen LogP contribution >= 0.6 is 0 Å². The first-order valence-corrected chi connectivity index (χ1v) is 38.0. The minimum Gasteiger partial charge on any atom is -0.477 e. The van der Waals surface area contributed by atoms with E-state index in [0.29, 0.717) is 0 Å². The second-order valence-corrected chi connectivity index (χ2v) is 30.2. The molecule has 31 N–H and O–H groups in total. The number of carboxylic acids is 1. The van der Waals surface area contributed by atoms with Crippen molar-refractivity contribution < 1.29 is 237 Å². The van der Waals surface area contributed by atoms with Gasteiger partial charge in [0.25, 0.3) is 5.79 Å². The van der Waals surface area contributed by atoms with Crippen LogP contribution in [0.25, 0.3) is 0 Å². The Kier molecular flexibility index (Phi) is 36.9. The molecule has 8 aliphatic heterocycles. The fraction of sp³-hybridized carbons (Fsp3) is 0.910. The molecule has 8 fully saturated rings. The summed E-state index contributed by atoms with van der Waals surface area (Å²) in [4.78, 5) is 76.6. The Bertz CT molecular complexity index is 3270. The second-order valence-electron chi connectivity index (χ2n) is 30.2. The van der Waals surface area contributed by atoms with Gasteiger partial charge in [-0.25, -0.2) is 4.79 Å². The number of nitrogens with one attached hydrogen (secondary N) is 5. The zero-order valence-electron chi connectivity index (χ0n) is 65.1. The van der Waals surface area contributed by atoms with E-state index < -0.39 is 377 Å². The highest BCUT2D eigenvalue weighted by atomic mass is 16.8. The summed E-state index contributed by atoms with van der Waals surface area (Å²) in [5.41, 5.74) is 0. The molecular formula is C67H113N5O48. The summed E-state index contributed by atoms with van der Waals surface area (Å²) in [6.07, 6.45) is -84.1. The fourth-order valence-corrected chi connectivity index (χ4v) is 14.9. The Balaban J connectivity index is 1.09. The molecule has 8 rings (SSSR count). The summed E-state index contributed by atoms with van der Waals surface area (Å²) in [5, 5.41) is 300. The maximum absolute atomic E-state index is 13.2. The van der Waals surface area contributed by atoms with E-state index in [1.165, 1.54) is 6.92 Å². The lowest BCUT2D eigenvalue weighted by molar-refractivity contribution is -0.396. The number of amides is 5. The van der Waals surface area contributed by atoms with Gasteiger partial charge in [-0.1, -0.05) is 0 Å². The SMILES string of the molecule is CC(=O)N[C@H]1[C@H](O[C@@H]([C@H](O)[C@H](CO)NC(C)=O)[C@H](O)CO[C@@H]2O[C@@H](C)[C@@H](O)[C@@H](O)[C@@H]2O)O[C@H](CO)[C@@H](O[C@@H]2O[C@H](CO[C@H]3O[C@H](CO)[C@@H](O)[C@H](O)[C@@H]3O)[C@@H](O)[C@H](O[C@H]3O[C@H](CO)[C@@H](O)[C@H](O)[C@@H]3O[C@@H]3O[C@H](CO)[C@@H](O[C@@H]4O[C@H](CO[C@]5(C(=O)O)C[C@H](O)[C@@H](NC(C)=O)[C@H]([C@H](O)[C@H](O)CO)O5)[C@H](O)[C@H](O)[C@H]4NC(C)=O)[C@H](O)[C@H]3NC(C)=O)[C@@H]2O)[C@@H]1O. The molecule has 0 aromatic rings. The van der Waals surface area contributed by atoms with Crippen LogP contribution < -0.4 is 26.6 Å². The Labute approximate surface area is 680 Å². The van der Waals surface area contributed by atoms with Crippen LogP contribution in [-0.4, -0.2) is 503 Å². The van der Waals surface area contributed by atoms with Crippen LogP contribution in [0.3, 0.4) is 0 Å². The molecule has 8 heterocycles. The van der Waals surface area contributed by atoms with Gasteiger partial charge in [0.15, 0.2) is 44.0 Å². The lowest BCUT2D eigenvalue weighted by Gasteiger charge is -2.51. The highest BCUT2D eigenvalue weighted by Crippen LogP contribution is 2.40. The van der Waals surface area contributed by atoms with E-state index >= 15 is 0 Å². The standard InChI is InChI=1S/C67H113N5O48/c1-17-37(87)47(97)50(100)62(108-17)105-14-26(86)53(38(88)23(8-73)68-18(2)79)115-60-35(71-21(5)82)46(96)55(30(13-78)111-60)117-64-52(102)57(43(93)31(114-64)15-106-63-51(101)48(98)40(90)27(10-75)109-63)118-65-58(49(99)41(91)28(11-76)110-65)119-61-36(72-22(6)83)45(95)54(29(12-77)112-61)116-59-34(70-20(4)81)44(94)42(92)32(113-59)16-107-67(66(103)104)7-24(84)33(69-19(3)80)56(120-67)39(89)25(85)9-74/h17,23-65,73-78,84-102H,7-16H2,1-6H3,(H,68,79)(H,69,80)(H,70,81)(H,71,82)(H,72,83)(H,103,104)/t17-,23-,24-,25+,26+,27+,28+,29+,30+,31+,32+,33+,34+,35+,36+,37+,38+,39+,40+,41+,42-,43+,44+,45+,46+,47+,48-,49-,50-,51-,52-,53+,54+,55+,56+,57-,58-,59-,60-,61-,62+,63-,64-,65+,67+/m0/s1. The maximum atomic E-state index is 13.2. The van der Waals surface area contributed by atoms with Crippen LogP contribution in [0.2, 0.25) is 0 Å². The number of carbonyl (C=O) groups excluding carboxylic acids is 5. The summed E-state index contributed by atoms with van der Waals surface area (Å²) in [6, 6.07) is -9.46. The molecule has 0 aliphatic carbocycles. The van der Waals surface area contributed by atoms with Crippen molar-refractivity contribution >= 4 is 35.5 Å². The van der Waals surface area contributed by atoms with Crippen LogP contribution in [0.15, 0.2) is 0 Å². The van der Waals surface area contributed by atoms with E-state index in [1.807, 2.05) is 0 Å². The van der Waals surface area contributed by atoms with Gasteiger partial charge >= 0.3 is 5.97 Å². The molecule has 53 heteroatoms. The minimum absolute atomic E-state index is 0.843. The molecule has 0 radical (unpaired) electrons. The lowest BCUT2D eigenvalue weighted by atomic mass is 9.88. The van der Waals surface area contributed by atoms with E-state index in [4.69, 9.17) is 75.8 Å². The third-order valence-corrected chi connectivity index (χ3v) is 21.3. The highest BCUT2D eigenvalue weighted by Gasteiger charge is 2.62. The van der Waals surface area contributed by atoms with Crippen LogP contribution in [0, 0.1) is 0 Å². The molecule has 8 aliphatic rings. The first kappa shape index (κ1) is 101. The number of ether oxygens (including phenoxy) is 16. The summed E-state index contributed by atoms with van der Waals surface area (Å²) in [5.74, 6) is -9.83. The van der Waals surface area contributed by atoms with Gasteiger partial charge in [0.05, 0.1) is 83.8 Å². The fourth-order valence-electron chi connectivity index (χ4n) is 14.9. The van der Waals surface area contributed by atoms with Crippen molar-refractivity contribution in [3.8, 4) is 0 Å². The predicted molar refractivity (Wildman–Crippen MR) is 373 cm³/mol. The molecule has 53 nitrogen and oxygen atoms in total. The molecule has 694 valence electrons. The summed E-state index contributed by atoms with van der Waals surface area (Å²) in [7, 11) is 0. The number of aliphatic hydroxyl groups excluding tert-OH is 25. The Morgan fingerprint density at radius 3 is 1.35 bits per heavy atom. The van der Waals surface area contributed by atoms with Gasteiger partial charge in [0.1, 0.15) is 201 Å². The third kappa shape index (κ3) is 23.3. The first-order valence-electron chi connectivity index (χ1n) is 38.0. The Morgan fingerprint density at radius 1 is 0.400 bits per heavy atom. The van der Waals surface area contributed by atoms with Crippen molar-refractivity contribution in [3.63, 3.8) is 0 Å². The Morgan fingerprint density at radius 2 is 0.833 bits per heavy atom. The average Bonchev–Trinajstić information content (AvgIpc) is 0.764. The predicted octanol–water partition coefficient (Wildman–Crippen LogP) is -20.0. The van der Waals surface area contributed by atoms with Crippen LogP contribution in [0.5, 0.6) is 0 Å². The highest BCUT2D eigenvalue weighted by molar-refractivity contribution is 5.77. The molecule has 8 saturated heterocycles. The van der Waals surface area contributed by atoms with Crippen molar-refractivity contribution in [2.75, 3.05) is 59.5 Å². The minimum atomic E-state index is -3.10. The summed E-state index contributed by atoms with van der Waals surface area (Å²) >= 11 is 0. The first-order chi connectivity index (χ1) is 56.4. The molecule has 5 amide bonds. The smallest absolute Gasteiger partial charge is 0.364 e. The van der Waals surface area contributed by atoms with E-state index in [0.717, 1.165) is 34.6 Å². The average molecular weight is 1760 g/mol. The maximum Gasteiger partial charge on any atom is 0.364 e. The monoisotopic (exact) mass is 1760 g/mol. The van der Waals surface area contributed by atoms with Crippen molar-refractivity contribution in [1.82, 2.24) is 26.6 Å². The summed E-state index contributed by atoms with van der Waals surface area (Å²) < 4.78 is 94.2. The van der Waals surface area contributed by atoms with E-state index in [2.05, 4.69) is 26.6 Å². The number of hydrogen-bond donors (Lipinski definition) is 31. The van der Waals surface area contributed by atoms with Gasteiger partial charge in [0, 0.05) is 41.0 Å². The van der Waals surface area contributed by atoms with Gasteiger partial charge in [0.2, 0.25) is 29.5 Å². The van der Waals surface area contributed by atoms with E-state index in [-0.39, 0.29) is 0 Å². The zero-order valence-corrected chi connectivity index (χ0v) is 65.1. The van der Waals surface area contributed by atoms with Crippen LogP contribution in [0.4, 0.5) is 0 Å². The van der Waals surface area contributed by atoms with Crippen molar-refractivity contribution in [2.45, 2.75) is 323 Å². The van der Waals surface area contributed by atoms with Crippen LogP contribution in [-0.2, 0) is 105 Å². The molecule has 0 spiro atoms. The molecule has 45 atom stereocenters. The largest absolute Gasteiger partial charge is 0.477 e. The number of hydrogen-bond acceptors (Lipinski definition) is 47. The van der Waals surface area contributed by atoms with Gasteiger partial charge in [-0.3, -0.25) is 24.0 Å². The van der Waals surface area contributed by atoms with Gasteiger partial charge in [-0.2, -0.15) is 0 Å². The van der Waals surface area contributed by atoms with Gasteiger partial charge < -0.3 is 235 Å². The number of carbonyl (C=O) groups is 6. The Hall–Kier alpha value is -4.82. The number of aliphatic carboxylic acids is 1. The van der Waals surface area contributed by atoms with Gasteiger partial charge in [-0.15, -0.1) is 0 Å². The van der Waals surface area contributed by atoms with Crippen molar-refractivity contribution in [2.24, 2.45) is 0 Å². The molecule has 120 heavy (non-hydrogen) atoms. The third-order valence-electron chi connectivity index (χ3n) is 21.3. The molecular weight excluding hydrogens is 1640 g/mol. The number of carboxylic acid groups (broad SMARTS) is 1. The van der Waals surface area contributed by atoms with Crippen LogP contribution in [0.1, 0.15) is 48.0 Å². The lowest BCUT2D eigenvalue weighted by Crippen LogP contribution is -2.71.